The molecule has 4 heterocycles. The van der Waals surface area contributed by atoms with Crippen LogP contribution in [0, 0.1) is 0 Å². The molecule has 0 aliphatic heterocycles. The van der Waals surface area contributed by atoms with Crippen LogP contribution in [-0.2, 0) is 10.8 Å². The fourth-order valence-electron chi connectivity index (χ4n) is 17.4. The molecule has 2 aliphatic carbocycles. The van der Waals surface area contributed by atoms with E-state index < -0.39 is 0 Å². The molecule has 8 heteroatoms. The van der Waals surface area contributed by atoms with E-state index in [-0.39, 0.29) is 10.8 Å². The highest BCUT2D eigenvalue weighted by atomic mass is 15.2. The van der Waals surface area contributed by atoms with Crippen molar-refractivity contribution in [1.82, 2.24) is 39.0 Å². The molecule has 0 spiro atoms. The second-order valence-corrected chi connectivity index (χ2v) is 30.2. The SMILES string of the molecule is CC1(C)c2cc(-c3ccccc3)ccc2-c2cc3c4ccccc4n(-c4nc(-c5ccccc5)nc(-c5cccc(-c6ccc7c(c6)c6cc8c(cc6n7-c6nc(-c7cc(-c9ccccc9)cc(-c9ccccc9)c7)nc(-c7cc(-c9ccccc9)cc(-c9ccccc9)c7)n6)C(C)(C)c6ccccc6-8)c5)n4)c3cc21. The van der Waals surface area contributed by atoms with Crippen molar-refractivity contribution in [3.05, 3.63) is 374 Å². The lowest BCUT2D eigenvalue weighted by molar-refractivity contribution is 0.661. The van der Waals surface area contributed by atoms with E-state index in [1.807, 2.05) is 18.2 Å². The van der Waals surface area contributed by atoms with E-state index in [0.717, 1.165) is 122 Å². The number of nitrogens with zero attached hydrogens (tertiary/aromatic N) is 8. The topological polar surface area (TPSA) is 87.2 Å². The Morgan fingerprint density at radius 2 is 0.509 bits per heavy atom. The molecule has 4 aromatic heterocycles. The molecule has 0 fully saturated rings. The van der Waals surface area contributed by atoms with Crippen LogP contribution in [0.5, 0.6) is 0 Å². The van der Waals surface area contributed by atoms with Crippen molar-refractivity contribution in [2.75, 3.05) is 0 Å². The summed E-state index contributed by atoms with van der Waals surface area (Å²) >= 11 is 0. The lowest BCUT2D eigenvalue weighted by Crippen LogP contribution is -2.15. The van der Waals surface area contributed by atoms with Crippen LogP contribution in [-0.4, -0.2) is 39.0 Å². The summed E-state index contributed by atoms with van der Waals surface area (Å²) in [6, 6.07) is 127. The van der Waals surface area contributed by atoms with Crippen LogP contribution in [0.3, 0.4) is 0 Å². The predicted octanol–water partition coefficient (Wildman–Crippen LogP) is 25.5. The van der Waals surface area contributed by atoms with E-state index in [1.165, 1.54) is 55.6 Å². The van der Waals surface area contributed by atoms with E-state index in [9.17, 15) is 0 Å². The lowest BCUT2D eigenvalue weighted by Gasteiger charge is -2.22. The number of hydrogen-bond donors (Lipinski definition) is 0. The standard InChI is InChI=1S/C102H70N8/c1-101(2)87-44-25-23-42-79(87)82-60-86-84-57-70(69-40-27-41-72(50-69)96-103-95(68-38-21-10-22-39-68)105-99(106-96)109-91-45-26-24-43-81(91)85-59-83-80-48-46-71(63-28-11-5-12-29-63)58-88(80)102(3,4)90(83)62-93(85)109)47-49-92(84)110(94(86)61-89(82)101)100-107-97(77-53-73(64-30-13-6-14-31-64)51-74(54-77)65-32-15-7-16-33-65)104-98(108-100)78-55-75(66-34-17-8-18-35-66)52-76(56-78)67-36-19-9-20-37-67/h5-62H,1-4H3. The van der Waals surface area contributed by atoms with Gasteiger partial charge in [0, 0.05) is 54.6 Å². The third-order valence-corrected chi connectivity index (χ3v) is 23.0. The summed E-state index contributed by atoms with van der Waals surface area (Å²) in [6.45, 7) is 9.42. The average molecular weight is 1410 g/mol. The molecule has 518 valence electrons. The average Bonchev–Trinajstić information content (AvgIpc) is 1.55. The van der Waals surface area contributed by atoms with Crippen molar-refractivity contribution < 1.29 is 0 Å². The lowest BCUT2D eigenvalue weighted by atomic mass is 9.81. The molecule has 0 bridgehead atoms. The summed E-state index contributed by atoms with van der Waals surface area (Å²) < 4.78 is 4.55. The van der Waals surface area contributed by atoms with Crippen LogP contribution in [0.4, 0.5) is 0 Å². The first-order valence-corrected chi connectivity index (χ1v) is 37.7. The van der Waals surface area contributed by atoms with Gasteiger partial charge >= 0.3 is 0 Å². The minimum Gasteiger partial charge on any atom is -0.278 e. The fourth-order valence-corrected chi connectivity index (χ4v) is 17.4. The summed E-state index contributed by atoms with van der Waals surface area (Å²) in [5.41, 5.74) is 30.1. The number of fused-ring (bicyclic) bond motifs is 12. The van der Waals surface area contributed by atoms with E-state index in [1.54, 1.807) is 0 Å². The number of hydrogen-bond acceptors (Lipinski definition) is 6. The highest BCUT2D eigenvalue weighted by Gasteiger charge is 2.39. The Morgan fingerprint density at radius 1 is 0.182 bits per heavy atom. The second-order valence-electron chi connectivity index (χ2n) is 30.2. The van der Waals surface area contributed by atoms with Gasteiger partial charge in [-0.25, -0.2) is 9.97 Å². The van der Waals surface area contributed by atoms with Gasteiger partial charge in [-0.05, 0) is 202 Å². The van der Waals surface area contributed by atoms with Gasteiger partial charge in [0.1, 0.15) is 0 Å². The Labute approximate surface area is 637 Å². The van der Waals surface area contributed by atoms with Gasteiger partial charge in [-0.1, -0.05) is 289 Å². The molecule has 2 aliphatic rings. The molecule has 0 N–H and O–H groups in total. The smallest absolute Gasteiger partial charge is 0.238 e. The van der Waals surface area contributed by atoms with Crippen molar-refractivity contribution in [3.63, 3.8) is 0 Å². The predicted molar refractivity (Wildman–Crippen MR) is 451 cm³/mol. The van der Waals surface area contributed by atoms with Gasteiger partial charge in [0.15, 0.2) is 23.3 Å². The summed E-state index contributed by atoms with van der Waals surface area (Å²) in [6.07, 6.45) is 0. The number of rotatable bonds is 12. The van der Waals surface area contributed by atoms with E-state index in [2.05, 4.69) is 370 Å². The fraction of sp³-hybridized carbons (Fsp3) is 0.0588. The molecular formula is C102H70N8. The van der Waals surface area contributed by atoms with Crippen LogP contribution < -0.4 is 0 Å². The number of para-hydroxylation sites is 1. The molecule has 0 atom stereocenters. The Hall–Kier alpha value is -14.1. The zero-order valence-electron chi connectivity index (χ0n) is 61.1. The third-order valence-electron chi connectivity index (χ3n) is 23.0. The monoisotopic (exact) mass is 1410 g/mol. The van der Waals surface area contributed by atoms with Gasteiger partial charge in [-0.15, -0.1) is 0 Å². The Kier molecular flexibility index (Phi) is 14.8. The highest BCUT2D eigenvalue weighted by Crippen LogP contribution is 2.54. The molecule has 15 aromatic carbocycles. The maximum atomic E-state index is 5.75. The Balaban J connectivity index is 0.758. The minimum atomic E-state index is -0.312. The summed E-state index contributed by atoms with van der Waals surface area (Å²) in [7, 11) is 0. The largest absolute Gasteiger partial charge is 0.278 e. The molecule has 0 saturated heterocycles. The van der Waals surface area contributed by atoms with Crippen molar-refractivity contribution in [3.8, 4) is 146 Å². The first kappa shape index (κ1) is 64.3. The summed E-state index contributed by atoms with van der Waals surface area (Å²) in [5, 5.41) is 4.41. The van der Waals surface area contributed by atoms with Gasteiger partial charge in [-0.3, -0.25) is 9.13 Å². The van der Waals surface area contributed by atoms with Crippen LogP contribution in [0.1, 0.15) is 49.9 Å². The van der Waals surface area contributed by atoms with Gasteiger partial charge in [0.2, 0.25) is 11.9 Å². The molecular weight excluding hydrogens is 1340 g/mol. The number of aromatic nitrogens is 8. The van der Waals surface area contributed by atoms with Crippen LogP contribution >= 0.6 is 0 Å². The molecule has 0 unspecified atom stereocenters. The summed E-state index contributed by atoms with van der Waals surface area (Å²) in [5.74, 6) is 3.30. The molecule has 0 saturated carbocycles. The molecule has 110 heavy (non-hydrogen) atoms. The maximum Gasteiger partial charge on any atom is 0.238 e. The van der Waals surface area contributed by atoms with Crippen molar-refractivity contribution in [1.29, 1.82) is 0 Å². The Morgan fingerprint density at radius 3 is 1.03 bits per heavy atom. The second kappa shape index (κ2) is 25.3. The quantitative estimate of drug-likeness (QED) is 0.121. The maximum absolute atomic E-state index is 5.75. The minimum absolute atomic E-state index is 0.293. The molecule has 19 aromatic rings. The van der Waals surface area contributed by atoms with E-state index in [4.69, 9.17) is 29.9 Å². The number of benzene rings is 15. The third kappa shape index (κ3) is 10.7. The zero-order chi connectivity index (χ0) is 73.3. The Bertz CT molecular complexity index is 6660. The van der Waals surface area contributed by atoms with Crippen LogP contribution in [0.2, 0.25) is 0 Å². The highest BCUT2D eigenvalue weighted by molar-refractivity contribution is 6.14. The van der Waals surface area contributed by atoms with Crippen LogP contribution in [0.15, 0.2) is 352 Å². The van der Waals surface area contributed by atoms with E-state index >= 15 is 0 Å². The zero-order valence-corrected chi connectivity index (χ0v) is 61.1. The van der Waals surface area contributed by atoms with Gasteiger partial charge in [0.25, 0.3) is 0 Å². The molecule has 0 amide bonds. The van der Waals surface area contributed by atoms with Crippen molar-refractivity contribution >= 4 is 43.6 Å². The van der Waals surface area contributed by atoms with Crippen molar-refractivity contribution in [2.45, 2.75) is 38.5 Å². The van der Waals surface area contributed by atoms with Gasteiger partial charge in [0.05, 0.1) is 22.1 Å². The molecule has 0 radical (unpaired) electrons. The molecule has 8 nitrogen and oxygen atoms in total. The van der Waals surface area contributed by atoms with E-state index in [0.29, 0.717) is 35.2 Å². The van der Waals surface area contributed by atoms with Gasteiger partial charge < -0.3 is 0 Å². The first-order valence-electron chi connectivity index (χ1n) is 37.7. The molecule has 21 rings (SSSR count). The summed E-state index contributed by atoms with van der Waals surface area (Å²) in [4.78, 5) is 33.5. The van der Waals surface area contributed by atoms with Gasteiger partial charge in [-0.2, -0.15) is 19.9 Å². The first-order chi connectivity index (χ1) is 54.0. The normalized spacial score (nSPS) is 13.1. The van der Waals surface area contributed by atoms with Crippen molar-refractivity contribution in [2.24, 2.45) is 0 Å². The van der Waals surface area contributed by atoms with Crippen LogP contribution in [0.25, 0.3) is 190 Å².